The van der Waals surface area contributed by atoms with Gasteiger partial charge in [-0.3, -0.25) is 0 Å². The van der Waals surface area contributed by atoms with E-state index in [1.807, 2.05) is 13.0 Å². The Hall–Kier alpha value is -0.470. The van der Waals surface area contributed by atoms with E-state index in [-0.39, 0.29) is 6.04 Å². The van der Waals surface area contributed by atoms with Crippen LogP contribution in [0, 0.1) is 0 Å². The molecule has 120 valence electrons. The highest BCUT2D eigenvalue weighted by atomic mass is 32.2. The first kappa shape index (κ1) is 16.9. The molecule has 1 saturated heterocycles. The van der Waals surface area contributed by atoms with E-state index in [1.54, 1.807) is 10.4 Å². The number of nitrogens with zero attached hydrogens (tertiary/aromatic N) is 1. The molecule has 1 aliphatic heterocycles. The van der Waals surface area contributed by atoms with Crippen LogP contribution >= 0.6 is 11.3 Å². The molecule has 0 bridgehead atoms. The predicted molar refractivity (Wildman–Crippen MR) is 85.1 cm³/mol. The Labute approximate surface area is 131 Å². The van der Waals surface area contributed by atoms with Crippen LogP contribution in [0.4, 0.5) is 0 Å². The molecule has 0 amide bonds. The highest BCUT2D eigenvalue weighted by Crippen LogP contribution is 2.28. The Morgan fingerprint density at radius 1 is 1.43 bits per heavy atom. The fourth-order valence-corrected chi connectivity index (χ4v) is 5.50. The molecule has 2 heterocycles. The lowest BCUT2D eigenvalue weighted by Crippen LogP contribution is -2.48. The van der Waals surface area contributed by atoms with Gasteiger partial charge in [0.25, 0.3) is 10.0 Å². The summed E-state index contributed by atoms with van der Waals surface area (Å²) in [5, 5.41) is 3.30. The van der Waals surface area contributed by atoms with Crippen LogP contribution in [-0.4, -0.2) is 45.1 Å². The normalized spacial score (nSPS) is 20.8. The smallest absolute Gasteiger partial charge is 0.252 e. The molecule has 0 spiro atoms. The first-order valence-corrected chi connectivity index (χ1v) is 9.74. The zero-order valence-corrected chi connectivity index (χ0v) is 14.3. The maximum absolute atomic E-state index is 12.8. The maximum atomic E-state index is 12.8. The van der Waals surface area contributed by atoms with Crippen LogP contribution in [0.3, 0.4) is 0 Å². The minimum atomic E-state index is -3.39. The number of nitrogens with one attached hydrogen (secondary N) is 1. The van der Waals surface area contributed by atoms with Crippen LogP contribution in [0.15, 0.2) is 16.3 Å². The third kappa shape index (κ3) is 4.04. The van der Waals surface area contributed by atoms with Crippen molar-refractivity contribution in [1.29, 1.82) is 0 Å². The lowest BCUT2D eigenvalue weighted by Gasteiger charge is -2.33. The van der Waals surface area contributed by atoms with Gasteiger partial charge in [-0.25, -0.2) is 8.42 Å². The third-order valence-corrected chi connectivity index (χ3v) is 7.08. The summed E-state index contributed by atoms with van der Waals surface area (Å²) in [6.45, 7) is 7.20. The van der Waals surface area contributed by atoms with Crippen molar-refractivity contribution in [3.05, 3.63) is 17.0 Å². The van der Waals surface area contributed by atoms with Crippen LogP contribution in [0.5, 0.6) is 0 Å². The second-order valence-corrected chi connectivity index (χ2v) is 8.44. The van der Waals surface area contributed by atoms with Crippen LogP contribution in [-0.2, 0) is 21.3 Å². The quantitative estimate of drug-likeness (QED) is 0.777. The molecule has 0 aliphatic carbocycles. The number of morpholine rings is 1. The second kappa shape index (κ2) is 7.69. The average molecular weight is 332 g/mol. The molecule has 1 N–H and O–H groups in total. The third-order valence-electron chi connectivity index (χ3n) is 3.57. The SMILES string of the molecule is CCCNCc1ccc(S(=O)(=O)N2CCOCC2CC)s1. The molecule has 1 unspecified atom stereocenters. The van der Waals surface area contributed by atoms with E-state index in [4.69, 9.17) is 4.74 Å². The van der Waals surface area contributed by atoms with Gasteiger partial charge in [-0.2, -0.15) is 4.31 Å². The Kier molecular flexibility index (Phi) is 6.19. The molecule has 1 aromatic rings. The summed E-state index contributed by atoms with van der Waals surface area (Å²) in [6.07, 6.45) is 1.85. The fraction of sp³-hybridized carbons (Fsp3) is 0.714. The summed E-state index contributed by atoms with van der Waals surface area (Å²) in [4.78, 5) is 1.06. The van der Waals surface area contributed by atoms with E-state index in [0.29, 0.717) is 24.0 Å². The summed E-state index contributed by atoms with van der Waals surface area (Å²) >= 11 is 1.36. The molecule has 1 aliphatic rings. The highest BCUT2D eigenvalue weighted by molar-refractivity contribution is 7.91. The Bertz CT molecular complexity index is 542. The van der Waals surface area contributed by atoms with Crippen molar-refractivity contribution in [3.8, 4) is 0 Å². The monoisotopic (exact) mass is 332 g/mol. The van der Waals surface area contributed by atoms with Gasteiger partial charge < -0.3 is 10.1 Å². The largest absolute Gasteiger partial charge is 0.378 e. The molecule has 7 heteroatoms. The molecule has 0 aromatic carbocycles. The summed E-state index contributed by atoms with van der Waals surface area (Å²) in [5.41, 5.74) is 0. The van der Waals surface area contributed by atoms with Gasteiger partial charge in [0.2, 0.25) is 0 Å². The molecular weight excluding hydrogens is 308 g/mol. The molecule has 1 fully saturated rings. The first-order chi connectivity index (χ1) is 10.1. The van der Waals surface area contributed by atoms with E-state index in [9.17, 15) is 8.42 Å². The zero-order valence-electron chi connectivity index (χ0n) is 12.7. The Morgan fingerprint density at radius 3 is 2.95 bits per heavy atom. The van der Waals surface area contributed by atoms with Crippen molar-refractivity contribution >= 4 is 21.4 Å². The van der Waals surface area contributed by atoms with E-state index in [2.05, 4.69) is 12.2 Å². The summed E-state index contributed by atoms with van der Waals surface area (Å²) in [7, 11) is -3.39. The Morgan fingerprint density at radius 2 is 2.24 bits per heavy atom. The van der Waals surface area contributed by atoms with Crippen LogP contribution in [0.1, 0.15) is 31.6 Å². The first-order valence-electron chi connectivity index (χ1n) is 7.48. The maximum Gasteiger partial charge on any atom is 0.252 e. The van der Waals surface area contributed by atoms with Gasteiger partial charge in [0.1, 0.15) is 4.21 Å². The predicted octanol–water partition coefficient (Wildman–Crippen LogP) is 2.05. The highest BCUT2D eigenvalue weighted by Gasteiger charge is 2.33. The molecule has 2 rings (SSSR count). The van der Waals surface area contributed by atoms with Crippen molar-refractivity contribution in [2.75, 3.05) is 26.3 Å². The van der Waals surface area contributed by atoms with Crippen LogP contribution in [0.2, 0.25) is 0 Å². The molecule has 1 aromatic heterocycles. The van der Waals surface area contributed by atoms with Crippen molar-refractivity contribution in [1.82, 2.24) is 9.62 Å². The number of sulfonamides is 1. The van der Waals surface area contributed by atoms with Crippen molar-refractivity contribution in [2.24, 2.45) is 0 Å². The molecule has 5 nitrogen and oxygen atoms in total. The Balaban J connectivity index is 2.11. The topological polar surface area (TPSA) is 58.6 Å². The van der Waals surface area contributed by atoms with Gasteiger partial charge >= 0.3 is 0 Å². The zero-order chi connectivity index (χ0) is 15.3. The average Bonchev–Trinajstić information content (AvgIpc) is 2.97. The van der Waals surface area contributed by atoms with Crippen LogP contribution in [0.25, 0.3) is 0 Å². The lowest BCUT2D eigenvalue weighted by atomic mass is 10.2. The number of hydrogen-bond acceptors (Lipinski definition) is 5. The minimum Gasteiger partial charge on any atom is -0.378 e. The van der Waals surface area contributed by atoms with Gasteiger partial charge in [-0.1, -0.05) is 13.8 Å². The fourth-order valence-electron chi connectivity index (χ4n) is 2.37. The van der Waals surface area contributed by atoms with Crippen LogP contribution < -0.4 is 5.32 Å². The van der Waals surface area contributed by atoms with Gasteiger partial charge in [-0.15, -0.1) is 11.3 Å². The summed E-state index contributed by atoms with van der Waals surface area (Å²) < 4.78 is 33.0. The van der Waals surface area contributed by atoms with Crippen molar-refractivity contribution in [3.63, 3.8) is 0 Å². The standard InChI is InChI=1S/C14H24N2O3S2/c1-3-7-15-10-13-5-6-14(20-13)21(17,18)16-8-9-19-11-12(16)4-2/h5-6,12,15H,3-4,7-11H2,1-2H3. The number of rotatable bonds is 7. The van der Waals surface area contributed by atoms with Gasteiger partial charge in [0, 0.05) is 24.0 Å². The van der Waals surface area contributed by atoms with Gasteiger partial charge in [0.15, 0.2) is 0 Å². The molecule has 1 atom stereocenters. The summed E-state index contributed by atoms with van der Waals surface area (Å²) in [5.74, 6) is 0. The molecule has 0 saturated carbocycles. The van der Waals surface area contributed by atoms with Gasteiger partial charge in [0.05, 0.1) is 13.2 Å². The van der Waals surface area contributed by atoms with E-state index in [1.165, 1.54) is 11.3 Å². The number of ether oxygens (including phenoxy) is 1. The molecule has 21 heavy (non-hydrogen) atoms. The number of thiophene rings is 1. The number of hydrogen-bond donors (Lipinski definition) is 1. The van der Waals surface area contributed by atoms with E-state index < -0.39 is 10.0 Å². The second-order valence-electron chi connectivity index (χ2n) is 5.15. The molecular formula is C14H24N2O3S2. The van der Waals surface area contributed by atoms with Gasteiger partial charge in [-0.05, 0) is 31.5 Å². The van der Waals surface area contributed by atoms with Crippen molar-refractivity contribution in [2.45, 2.75) is 43.5 Å². The minimum absolute atomic E-state index is 0.0486. The van der Waals surface area contributed by atoms with E-state index >= 15 is 0 Å². The van der Waals surface area contributed by atoms with E-state index in [0.717, 1.165) is 30.8 Å². The molecule has 0 radical (unpaired) electrons. The van der Waals surface area contributed by atoms with Crippen molar-refractivity contribution < 1.29 is 13.2 Å². The lowest BCUT2D eigenvalue weighted by molar-refractivity contribution is 0.0315. The summed E-state index contributed by atoms with van der Waals surface area (Å²) in [6, 6.07) is 3.58.